The molecule has 1 aliphatic rings. The normalized spacial score (nSPS) is 20.4. The fraction of sp³-hybridized carbons (Fsp3) is 0.929. The molecule has 1 fully saturated rings. The van der Waals surface area contributed by atoms with Gasteiger partial charge in [-0.3, -0.25) is 4.79 Å². The van der Waals surface area contributed by atoms with Gasteiger partial charge < -0.3 is 16.0 Å². The van der Waals surface area contributed by atoms with E-state index in [9.17, 15) is 4.79 Å². The number of likely N-dealkylation sites (tertiary alicyclic amines) is 1. The molecule has 0 spiro atoms. The number of amides is 1. The molecule has 18 heavy (non-hydrogen) atoms. The molecule has 0 saturated carbocycles. The number of hydrogen-bond acceptors (Lipinski definition) is 3. The molecule has 0 aromatic rings. The third kappa shape index (κ3) is 6.36. The predicted octanol–water partition coefficient (Wildman–Crippen LogP) is 1.49. The first kappa shape index (κ1) is 15.4. The van der Waals surface area contributed by atoms with Crippen LogP contribution in [0.3, 0.4) is 0 Å². The summed E-state index contributed by atoms with van der Waals surface area (Å²) in [4.78, 5) is 14.2. The highest BCUT2D eigenvalue weighted by atomic mass is 16.1. The van der Waals surface area contributed by atoms with Crippen molar-refractivity contribution in [2.75, 3.05) is 19.6 Å². The van der Waals surface area contributed by atoms with Gasteiger partial charge in [-0.25, -0.2) is 0 Å². The number of carbonyl (C=O) groups is 1. The lowest BCUT2D eigenvalue weighted by molar-refractivity contribution is -0.122. The molecule has 2 unspecified atom stereocenters. The Morgan fingerprint density at radius 3 is 2.61 bits per heavy atom. The quantitative estimate of drug-likeness (QED) is 0.725. The van der Waals surface area contributed by atoms with Gasteiger partial charge in [-0.05, 0) is 39.3 Å². The summed E-state index contributed by atoms with van der Waals surface area (Å²) >= 11 is 0. The van der Waals surface area contributed by atoms with Crippen molar-refractivity contribution in [1.29, 1.82) is 0 Å². The van der Waals surface area contributed by atoms with Crippen LogP contribution in [0.2, 0.25) is 0 Å². The smallest absolute Gasteiger partial charge is 0.221 e. The molecule has 106 valence electrons. The highest BCUT2D eigenvalue weighted by Gasteiger charge is 2.16. The maximum atomic E-state index is 11.8. The van der Waals surface area contributed by atoms with E-state index in [-0.39, 0.29) is 18.0 Å². The van der Waals surface area contributed by atoms with Gasteiger partial charge >= 0.3 is 0 Å². The zero-order valence-electron chi connectivity index (χ0n) is 12.0. The third-order valence-corrected chi connectivity index (χ3v) is 3.50. The zero-order valence-corrected chi connectivity index (χ0v) is 12.0. The van der Waals surface area contributed by atoms with E-state index in [0.29, 0.717) is 6.42 Å². The molecule has 0 aliphatic carbocycles. The number of nitrogens with zero attached hydrogens (tertiary/aromatic N) is 1. The van der Waals surface area contributed by atoms with Gasteiger partial charge in [0.15, 0.2) is 0 Å². The van der Waals surface area contributed by atoms with E-state index in [4.69, 9.17) is 5.73 Å². The Morgan fingerprint density at radius 2 is 2.00 bits per heavy atom. The van der Waals surface area contributed by atoms with Crippen molar-refractivity contribution in [3.05, 3.63) is 0 Å². The molecule has 0 radical (unpaired) electrons. The Balaban J connectivity index is 2.17. The number of rotatable bonds is 7. The maximum Gasteiger partial charge on any atom is 0.221 e. The van der Waals surface area contributed by atoms with Crippen LogP contribution in [0.25, 0.3) is 0 Å². The second-order valence-electron chi connectivity index (χ2n) is 5.58. The number of piperidine rings is 1. The zero-order chi connectivity index (χ0) is 13.4. The second kappa shape index (κ2) is 8.48. The van der Waals surface area contributed by atoms with E-state index in [2.05, 4.69) is 24.1 Å². The van der Waals surface area contributed by atoms with Gasteiger partial charge in [0.1, 0.15) is 0 Å². The Hall–Kier alpha value is -0.610. The monoisotopic (exact) mass is 255 g/mol. The van der Waals surface area contributed by atoms with Crippen LogP contribution >= 0.6 is 0 Å². The maximum absolute atomic E-state index is 11.8. The molecule has 3 N–H and O–H groups in total. The summed E-state index contributed by atoms with van der Waals surface area (Å²) in [5, 5.41) is 3.06. The molecule has 1 aliphatic heterocycles. The molecule has 0 aromatic carbocycles. The Labute approximate surface area is 111 Å². The number of carbonyl (C=O) groups excluding carboxylic acids is 1. The minimum absolute atomic E-state index is 0.0113. The van der Waals surface area contributed by atoms with Gasteiger partial charge in [0, 0.05) is 25.0 Å². The summed E-state index contributed by atoms with van der Waals surface area (Å²) in [6, 6.07) is 0.238. The number of hydrogen-bond donors (Lipinski definition) is 2. The van der Waals surface area contributed by atoms with Crippen molar-refractivity contribution in [3.8, 4) is 0 Å². The van der Waals surface area contributed by atoms with Gasteiger partial charge in [0.25, 0.3) is 0 Å². The van der Waals surface area contributed by atoms with Crippen LogP contribution in [0.15, 0.2) is 0 Å². The standard InChI is InChI=1S/C14H29N3O/c1-3-7-13(15)10-14(18)16-12(2)11-17-8-5-4-6-9-17/h12-13H,3-11,15H2,1-2H3,(H,16,18). The van der Waals surface area contributed by atoms with Crippen LogP contribution in [-0.2, 0) is 4.79 Å². The van der Waals surface area contributed by atoms with Gasteiger partial charge in [-0.15, -0.1) is 0 Å². The van der Waals surface area contributed by atoms with Gasteiger partial charge in [0.05, 0.1) is 0 Å². The highest BCUT2D eigenvalue weighted by Crippen LogP contribution is 2.08. The van der Waals surface area contributed by atoms with Crippen molar-refractivity contribution in [2.45, 2.75) is 64.5 Å². The van der Waals surface area contributed by atoms with Crippen LogP contribution in [0.5, 0.6) is 0 Å². The topological polar surface area (TPSA) is 58.4 Å². The van der Waals surface area contributed by atoms with E-state index in [1.54, 1.807) is 0 Å². The summed E-state index contributed by atoms with van der Waals surface area (Å²) in [5.41, 5.74) is 5.87. The lowest BCUT2D eigenvalue weighted by Crippen LogP contribution is -2.44. The summed E-state index contributed by atoms with van der Waals surface area (Å²) in [6.07, 6.45) is 6.36. The average molecular weight is 255 g/mol. The fourth-order valence-electron chi connectivity index (χ4n) is 2.62. The average Bonchev–Trinajstić information content (AvgIpc) is 2.29. The van der Waals surface area contributed by atoms with Crippen molar-refractivity contribution in [1.82, 2.24) is 10.2 Å². The molecule has 0 bridgehead atoms. The van der Waals surface area contributed by atoms with E-state index < -0.39 is 0 Å². The molecule has 1 saturated heterocycles. The molecule has 4 nitrogen and oxygen atoms in total. The lowest BCUT2D eigenvalue weighted by Gasteiger charge is -2.29. The van der Waals surface area contributed by atoms with Crippen LogP contribution in [0.4, 0.5) is 0 Å². The van der Waals surface area contributed by atoms with Crippen molar-refractivity contribution in [2.24, 2.45) is 5.73 Å². The molecular formula is C14H29N3O. The number of nitrogens with two attached hydrogens (primary N) is 1. The van der Waals surface area contributed by atoms with Crippen LogP contribution in [0, 0.1) is 0 Å². The third-order valence-electron chi connectivity index (χ3n) is 3.50. The predicted molar refractivity (Wildman–Crippen MR) is 75.4 cm³/mol. The Bertz CT molecular complexity index is 239. The van der Waals surface area contributed by atoms with E-state index in [0.717, 1.165) is 19.4 Å². The van der Waals surface area contributed by atoms with E-state index >= 15 is 0 Å². The molecule has 1 amide bonds. The van der Waals surface area contributed by atoms with Gasteiger partial charge in [-0.1, -0.05) is 19.8 Å². The second-order valence-corrected chi connectivity index (χ2v) is 5.58. The van der Waals surface area contributed by atoms with Crippen LogP contribution < -0.4 is 11.1 Å². The summed E-state index contributed by atoms with van der Waals surface area (Å²) < 4.78 is 0. The van der Waals surface area contributed by atoms with Crippen molar-refractivity contribution >= 4 is 5.91 Å². The molecule has 2 atom stereocenters. The Kier molecular flexibility index (Phi) is 7.28. The fourth-order valence-corrected chi connectivity index (χ4v) is 2.62. The van der Waals surface area contributed by atoms with Gasteiger partial charge in [0.2, 0.25) is 5.91 Å². The highest BCUT2D eigenvalue weighted by molar-refractivity contribution is 5.76. The molecule has 0 aromatic heterocycles. The van der Waals surface area contributed by atoms with E-state index in [1.165, 1.54) is 32.4 Å². The van der Waals surface area contributed by atoms with Crippen LogP contribution in [-0.4, -0.2) is 42.5 Å². The van der Waals surface area contributed by atoms with Crippen LogP contribution in [0.1, 0.15) is 52.4 Å². The number of nitrogens with one attached hydrogen (secondary N) is 1. The summed E-state index contributed by atoms with van der Waals surface area (Å²) in [5.74, 6) is 0.0976. The molecule has 1 heterocycles. The molecule has 1 rings (SSSR count). The van der Waals surface area contributed by atoms with Crippen molar-refractivity contribution < 1.29 is 4.79 Å². The first-order valence-electron chi connectivity index (χ1n) is 7.39. The molecular weight excluding hydrogens is 226 g/mol. The lowest BCUT2D eigenvalue weighted by atomic mass is 10.1. The summed E-state index contributed by atoms with van der Waals surface area (Å²) in [7, 11) is 0. The minimum Gasteiger partial charge on any atom is -0.352 e. The van der Waals surface area contributed by atoms with E-state index in [1.807, 2.05) is 0 Å². The summed E-state index contributed by atoms with van der Waals surface area (Å²) in [6.45, 7) is 7.49. The Morgan fingerprint density at radius 1 is 1.33 bits per heavy atom. The minimum atomic E-state index is 0.0113. The molecule has 4 heteroatoms. The largest absolute Gasteiger partial charge is 0.352 e. The van der Waals surface area contributed by atoms with Gasteiger partial charge in [-0.2, -0.15) is 0 Å². The SMILES string of the molecule is CCCC(N)CC(=O)NC(C)CN1CCCCC1. The first-order valence-corrected chi connectivity index (χ1v) is 7.39. The first-order chi connectivity index (χ1) is 8.61. The van der Waals surface area contributed by atoms with Crippen molar-refractivity contribution in [3.63, 3.8) is 0 Å².